The maximum Gasteiger partial charge on any atom is 0.251 e. The maximum absolute atomic E-state index is 12.7. The molecule has 2 N–H and O–H groups in total. The Hall–Kier alpha value is -2.75. The number of aromatic nitrogens is 2. The molecule has 9 heteroatoms. The van der Waals surface area contributed by atoms with E-state index in [2.05, 4.69) is 42.2 Å². The molecule has 2 aromatic heterocycles. The number of halogens is 1. The lowest BCUT2D eigenvalue weighted by molar-refractivity contribution is 0.0841. The molecule has 0 saturated heterocycles. The number of carbonyl (C=O) groups is 1. The Morgan fingerprint density at radius 3 is 2.97 bits per heavy atom. The van der Waals surface area contributed by atoms with Crippen molar-refractivity contribution >= 4 is 21.8 Å². The normalized spacial score (nSPS) is 16.9. The second-order valence-corrected chi connectivity index (χ2v) is 10.8. The lowest BCUT2D eigenvalue weighted by atomic mass is 9.99. The van der Waals surface area contributed by atoms with Gasteiger partial charge in [0, 0.05) is 43.6 Å². The number of benzene rings is 1. The third-order valence-corrected chi connectivity index (χ3v) is 8.12. The molecule has 1 aliphatic heterocycles. The molecule has 3 aromatic rings. The summed E-state index contributed by atoms with van der Waals surface area (Å²) in [5.74, 6) is 1.96. The minimum absolute atomic E-state index is 0.167. The summed E-state index contributed by atoms with van der Waals surface area (Å²) in [5.41, 5.74) is 4.01. The van der Waals surface area contributed by atoms with Crippen LogP contribution in [0.2, 0.25) is 0 Å². The fourth-order valence-electron chi connectivity index (χ4n) is 5.29. The second-order valence-electron chi connectivity index (χ2n) is 10.0. The van der Waals surface area contributed by atoms with Gasteiger partial charge in [0.05, 0.1) is 16.8 Å². The van der Waals surface area contributed by atoms with Crippen LogP contribution in [0.5, 0.6) is 5.75 Å². The number of ether oxygens (including phenoxy) is 1. The van der Waals surface area contributed by atoms with Crippen molar-refractivity contribution in [2.24, 2.45) is 5.92 Å². The van der Waals surface area contributed by atoms with Crippen LogP contribution in [0.15, 0.2) is 51.9 Å². The number of rotatable bonds is 10. The summed E-state index contributed by atoms with van der Waals surface area (Å²) >= 11 is 3.70. The van der Waals surface area contributed by atoms with Crippen LogP contribution < -0.4 is 10.1 Å². The predicted octanol–water partition coefficient (Wildman–Crippen LogP) is 4.29. The zero-order valence-electron chi connectivity index (χ0n) is 20.9. The molecule has 1 aliphatic carbocycles. The highest BCUT2D eigenvalue weighted by atomic mass is 79.9. The number of amides is 1. The van der Waals surface area contributed by atoms with E-state index >= 15 is 0 Å². The number of pyridine rings is 1. The molecule has 37 heavy (non-hydrogen) atoms. The number of nitrogens with zero attached hydrogens (tertiary/aromatic N) is 3. The number of hydrogen-bond acceptors (Lipinski definition) is 7. The monoisotopic (exact) mass is 568 g/mol. The minimum Gasteiger partial charge on any atom is -0.484 e. The number of nitrogens with one attached hydrogen (secondary N) is 1. The summed E-state index contributed by atoms with van der Waals surface area (Å²) in [6.07, 6.45) is 11.0. The third-order valence-electron chi connectivity index (χ3n) is 7.25. The number of carbonyl (C=O) groups excluding carboxylic acids is 1. The van der Waals surface area contributed by atoms with E-state index in [1.54, 1.807) is 18.5 Å². The molecule has 0 spiro atoms. The molecular formula is C28H33BrN4O4. The summed E-state index contributed by atoms with van der Waals surface area (Å²) < 4.78 is 12.1. The predicted molar refractivity (Wildman–Crippen MR) is 142 cm³/mol. The molecule has 0 radical (unpaired) electrons. The van der Waals surface area contributed by atoms with Crippen molar-refractivity contribution in [3.8, 4) is 5.75 Å². The number of fused-ring (bicyclic) bond motifs is 1. The molecule has 0 unspecified atom stereocenters. The Balaban J connectivity index is 1.10. The van der Waals surface area contributed by atoms with Crippen LogP contribution in [0, 0.1) is 5.92 Å². The van der Waals surface area contributed by atoms with Crippen LogP contribution >= 0.6 is 15.9 Å². The highest BCUT2D eigenvalue weighted by Crippen LogP contribution is 2.35. The number of aliphatic hydroxyl groups is 1. The van der Waals surface area contributed by atoms with Gasteiger partial charge in [-0.3, -0.25) is 14.7 Å². The molecule has 1 amide bonds. The van der Waals surface area contributed by atoms with Gasteiger partial charge in [0.2, 0.25) is 0 Å². The van der Waals surface area contributed by atoms with E-state index in [1.807, 2.05) is 12.1 Å². The minimum atomic E-state index is -0.654. The van der Waals surface area contributed by atoms with Crippen molar-refractivity contribution in [1.29, 1.82) is 0 Å². The molecular weight excluding hydrogens is 536 g/mol. The third kappa shape index (κ3) is 6.77. The molecule has 5 rings (SSSR count). The van der Waals surface area contributed by atoms with E-state index in [4.69, 9.17) is 9.15 Å². The first-order chi connectivity index (χ1) is 18.0. The standard InChI is InChI=1S/C28H33BrN4O4/c29-27-25-8-10-33(15-21(25)5-6-26(27)36-17-24-14-30-18-37-24)16-23(34)13-32-28(35)20-7-9-31-22(12-20)11-19-3-1-2-4-19/h5-7,9,12,14,18-19,23,34H,1-4,8,10-11,13,15-17H2,(H,32,35)/t23-/m0/s1. The Labute approximate surface area is 225 Å². The van der Waals surface area contributed by atoms with Crippen molar-refractivity contribution in [3.05, 3.63) is 75.7 Å². The van der Waals surface area contributed by atoms with Crippen LogP contribution in [0.1, 0.15) is 58.6 Å². The molecule has 1 atom stereocenters. The van der Waals surface area contributed by atoms with Crippen molar-refractivity contribution < 1.29 is 19.1 Å². The average Bonchev–Trinajstić information content (AvgIpc) is 3.62. The zero-order chi connectivity index (χ0) is 25.6. The molecule has 1 saturated carbocycles. The summed E-state index contributed by atoms with van der Waals surface area (Å²) in [5, 5.41) is 13.5. The van der Waals surface area contributed by atoms with Gasteiger partial charge in [-0.15, -0.1) is 0 Å². The lowest BCUT2D eigenvalue weighted by Gasteiger charge is -2.31. The average molecular weight is 569 g/mol. The zero-order valence-corrected chi connectivity index (χ0v) is 22.5. The Morgan fingerprint density at radius 1 is 1.30 bits per heavy atom. The number of hydrogen-bond donors (Lipinski definition) is 2. The highest BCUT2D eigenvalue weighted by Gasteiger charge is 2.23. The largest absolute Gasteiger partial charge is 0.484 e. The second kappa shape index (κ2) is 12.2. The van der Waals surface area contributed by atoms with Gasteiger partial charge in [-0.25, -0.2) is 4.98 Å². The van der Waals surface area contributed by atoms with Crippen LogP contribution in [-0.2, 0) is 26.0 Å². The van der Waals surface area contributed by atoms with Gasteiger partial charge in [0.25, 0.3) is 5.91 Å². The number of oxazole rings is 1. The van der Waals surface area contributed by atoms with Gasteiger partial charge < -0.3 is 19.6 Å². The summed E-state index contributed by atoms with van der Waals surface area (Å²) in [7, 11) is 0. The first kappa shape index (κ1) is 25.9. The topological polar surface area (TPSA) is 101 Å². The summed E-state index contributed by atoms with van der Waals surface area (Å²) in [6.45, 7) is 2.57. The smallest absolute Gasteiger partial charge is 0.251 e. The van der Waals surface area contributed by atoms with E-state index in [9.17, 15) is 9.90 Å². The fourth-order valence-corrected chi connectivity index (χ4v) is 5.99. The Morgan fingerprint density at radius 2 is 2.16 bits per heavy atom. The Bertz CT molecular complexity index is 1200. The van der Waals surface area contributed by atoms with Crippen molar-refractivity contribution in [1.82, 2.24) is 20.2 Å². The molecule has 8 nitrogen and oxygen atoms in total. The molecule has 196 valence electrons. The molecule has 1 fully saturated rings. The van der Waals surface area contributed by atoms with Gasteiger partial charge >= 0.3 is 0 Å². The lowest BCUT2D eigenvalue weighted by Crippen LogP contribution is -2.42. The van der Waals surface area contributed by atoms with Gasteiger partial charge in [-0.05, 0) is 64.0 Å². The first-order valence-electron chi connectivity index (χ1n) is 13.0. The Kier molecular flexibility index (Phi) is 8.53. The van der Waals surface area contributed by atoms with E-state index in [0.29, 0.717) is 30.4 Å². The maximum atomic E-state index is 12.7. The van der Waals surface area contributed by atoms with Crippen molar-refractivity contribution in [2.45, 2.75) is 57.8 Å². The molecule has 1 aromatic carbocycles. The van der Waals surface area contributed by atoms with Gasteiger partial charge in [0.15, 0.2) is 12.2 Å². The van der Waals surface area contributed by atoms with E-state index in [0.717, 1.165) is 41.8 Å². The van der Waals surface area contributed by atoms with Crippen LogP contribution in [0.3, 0.4) is 0 Å². The SMILES string of the molecule is O=C(NC[C@H](O)CN1CCc2c(ccc(OCc3cnco3)c2Br)C1)c1ccnc(CC2CCCC2)c1. The van der Waals surface area contributed by atoms with E-state index in [1.165, 1.54) is 43.2 Å². The molecule has 3 heterocycles. The number of aliphatic hydroxyl groups excluding tert-OH is 1. The van der Waals surface area contributed by atoms with Gasteiger partial charge in [-0.1, -0.05) is 31.7 Å². The van der Waals surface area contributed by atoms with E-state index in [-0.39, 0.29) is 12.5 Å². The quantitative estimate of drug-likeness (QED) is 0.376. The van der Waals surface area contributed by atoms with Gasteiger partial charge in [0.1, 0.15) is 12.4 Å². The van der Waals surface area contributed by atoms with Crippen LogP contribution in [0.25, 0.3) is 0 Å². The summed E-state index contributed by atoms with van der Waals surface area (Å²) in [6, 6.07) is 7.66. The van der Waals surface area contributed by atoms with Crippen molar-refractivity contribution in [2.75, 3.05) is 19.6 Å². The highest BCUT2D eigenvalue weighted by molar-refractivity contribution is 9.10. The van der Waals surface area contributed by atoms with E-state index < -0.39 is 6.10 Å². The number of β-amino-alcohol motifs (C(OH)–C–C–N with tert-alkyl or cyclic N) is 1. The molecule has 2 aliphatic rings. The van der Waals surface area contributed by atoms with Crippen LogP contribution in [-0.4, -0.2) is 51.6 Å². The summed E-state index contributed by atoms with van der Waals surface area (Å²) in [4.78, 5) is 23.3. The van der Waals surface area contributed by atoms with Crippen molar-refractivity contribution in [3.63, 3.8) is 0 Å². The molecule has 0 bridgehead atoms. The fraction of sp³-hybridized carbons (Fsp3) is 0.464. The van der Waals surface area contributed by atoms with Crippen LogP contribution in [0.4, 0.5) is 0 Å². The first-order valence-corrected chi connectivity index (χ1v) is 13.8. The van der Waals surface area contributed by atoms with Gasteiger partial charge in [-0.2, -0.15) is 0 Å².